The summed E-state index contributed by atoms with van der Waals surface area (Å²) >= 11 is 0. The SMILES string of the molecule is Cc1cc(CNS(=O)(=O)c2cc3oc(=O)[nH]c3cc2C)n(C)n1. The van der Waals surface area contributed by atoms with E-state index >= 15 is 0 Å². The molecule has 122 valence electrons. The summed E-state index contributed by atoms with van der Waals surface area (Å²) in [4.78, 5) is 13.8. The van der Waals surface area contributed by atoms with Crippen molar-refractivity contribution in [2.45, 2.75) is 25.3 Å². The first-order chi connectivity index (χ1) is 10.8. The van der Waals surface area contributed by atoms with E-state index in [0.717, 1.165) is 11.4 Å². The van der Waals surface area contributed by atoms with Gasteiger partial charge in [0.2, 0.25) is 10.0 Å². The average Bonchev–Trinajstić information content (AvgIpc) is 2.96. The summed E-state index contributed by atoms with van der Waals surface area (Å²) in [5.74, 6) is -0.618. The number of aromatic amines is 1. The number of aryl methyl sites for hydroxylation is 3. The Morgan fingerprint density at radius 1 is 1.30 bits per heavy atom. The molecule has 0 saturated carbocycles. The first-order valence-corrected chi connectivity index (χ1v) is 8.37. The maximum Gasteiger partial charge on any atom is 0.417 e. The van der Waals surface area contributed by atoms with Crippen molar-refractivity contribution >= 4 is 21.1 Å². The molecule has 3 aromatic rings. The van der Waals surface area contributed by atoms with Crippen LogP contribution in [-0.4, -0.2) is 23.2 Å². The highest BCUT2D eigenvalue weighted by Crippen LogP contribution is 2.21. The molecule has 0 aliphatic heterocycles. The highest BCUT2D eigenvalue weighted by atomic mass is 32.2. The summed E-state index contributed by atoms with van der Waals surface area (Å²) in [6.07, 6.45) is 0. The van der Waals surface area contributed by atoms with E-state index in [1.165, 1.54) is 6.07 Å². The minimum Gasteiger partial charge on any atom is -0.408 e. The fourth-order valence-electron chi connectivity index (χ4n) is 2.45. The van der Waals surface area contributed by atoms with E-state index in [1.807, 2.05) is 13.0 Å². The second-order valence-electron chi connectivity index (χ2n) is 5.35. The molecule has 1 aromatic carbocycles. The maximum atomic E-state index is 12.5. The van der Waals surface area contributed by atoms with Gasteiger partial charge in [0.1, 0.15) is 0 Å². The Hall–Kier alpha value is -2.39. The summed E-state index contributed by atoms with van der Waals surface area (Å²) in [6.45, 7) is 3.62. The van der Waals surface area contributed by atoms with E-state index < -0.39 is 15.8 Å². The number of aromatic nitrogens is 3. The van der Waals surface area contributed by atoms with Crippen LogP contribution in [-0.2, 0) is 23.6 Å². The molecule has 0 radical (unpaired) electrons. The molecule has 23 heavy (non-hydrogen) atoms. The molecule has 2 N–H and O–H groups in total. The van der Waals surface area contributed by atoms with E-state index in [4.69, 9.17) is 4.42 Å². The van der Waals surface area contributed by atoms with Crippen LogP contribution in [0.1, 0.15) is 17.0 Å². The fraction of sp³-hybridized carbons (Fsp3) is 0.286. The van der Waals surface area contributed by atoms with Gasteiger partial charge in [0.25, 0.3) is 0 Å². The summed E-state index contributed by atoms with van der Waals surface area (Å²) in [5, 5.41) is 4.17. The molecule has 9 heteroatoms. The van der Waals surface area contributed by atoms with E-state index in [2.05, 4.69) is 14.8 Å². The Bertz CT molecular complexity index is 1040. The Morgan fingerprint density at radius 3 is 2.70 bits per heavy atom. The van der Waals surface area contributed by atoms with Crippen LogP contribution in [0.3, 0.4) is 0 Å². The summed E-state index contributed by atoms with van der Waals surface area (Å²) in [6, 6.07) is 4.73. The van der Waals surface area contributed by atoms with Crippen molar-refractivity contribution in [1.29, 1.82) is 0 Å². The van der Waals surface area contributed by atoms with Gasteiger partial charge in [0, 0.05) is 13.1 Å². The molecular formula is C14H16N4O4S. The number of fused-ring (bicyclic) bond motifs is 1. The zero-order chi connectivity index (χ0) is 16.8. The van der Waals surface area contributed by atoms with Crippen molar-refractivity contribution in [1.82, 2.24) is 19.5 Å². The molecule has 0 bridgehead atoms. The van der Waals surface area contributed by atoms with Gasteiger partial charge in [-0.15, -0.1) is 0 Å². The van der Waals surface area contributed by atoms with Crippen molar-refractivity contribution in [3.8, 4) is 0 Å². The van der Waals surface area contributed by atoms with Crippen molar-refractivity contribution in [3.05, 3.63) is 45.7 Å². The van der Waals surface area contributed by atoms with Crippen molar-refractivity contribution < 1.29 is 12.8 Å². The average molecular weight is 336 g/mol. The molecule has 0 aliphatic rings. The summed E-state index contributed by atoms with van der Waals surface area (Å²) < 4.78 is 34.1. The molecule has 3 rings (SSSR count). The largest absolute Gasteiger partial charge is 0.417 e. The predicted molar refractivity (Wildman–Crippen MR) is 83.5 cm³/mol. The maximum absolute atomic E-state index is 12.5. The first kappa shape index (κ1) is 15.5. The molecule has 8 nitrogen and oxygen atoms in total. The molecule has 0 atom stereocenters. The number of H-pyrrole nitrogens is 1. The van der Waals surface area contributed by atoms with Gasteiger partial charge in [0.05, 0.1) is 28.3 Å². The van der Waals surface area contributed by atoms with Crippen LogP contribution < -0.4 is 10.5 Å². The number of rotatable bonds is 4. The number of nitrogens with zero attached hydrogens (tertiary/aromatic N) is 2. The van der Waals surface area contributed by atoms with Crippen LogP contribution in [0.2, 0.25) is 0 Å². The Morgan fingerprint density at radius 2 is 2.04 bits per heavy atom. The van der Waals surface area contributed by atoms with Crippen molar-refractivity contribution in [3.63, 3.8) is 0 Å². The number of nitrogens with one attached hydrogen (secondary N) is 2. The standard InChI is InChI=1S/C14H16N4O4S/c1-8-4-11-12(22-14(19)16-11)6-13(8)23(20,21)15-7-10-5-9(2)17-18(10)3/h4-6,15H,7H2,1-3H3,(H,16,19). The van der Waals surface area contributed by atoms with Crippen molar-refractivity contribution in [2.75, 3.05) is 0 Å². The van der Waals surface area contributed by atoms with E-state index in [0.29, 0.717) is 11.1 Å². The molecule has 0 fully saturated rings. The summed E-state index contributed by atoms with van der Waals surface area (Å²) in [5.41, 5.74) is 2.75. The second kappa shape index (κ2) is 5.36. The molecule has 0 aliphatic carbocycles. The monoisotopic (exact) mass is 336 g/mol. The third-order valence-electron chi connectivity index (χ3n) is 3.55. The predicted octanol–water partition coefficient (Wildman–Crippen LogP) is 0.950. The lowest BCUT2D eigenvalue weighted by molar-refractivity contribution is 0.553. The van der Waals surface area contributed by atoms with Crippen LogP contribution in [0.5, 0.6) is 0 Å². The van der Waals surface area contributed by atoms with Gasteiger partial charge in [-0.25, -0.2) is 17.9 Å². The van der Waals surface area contributed by atoms with Crippen LogP contribution in [0.15, 0.2) is 32.3 Å². The van der Waals surface area contributed by atoms with Gasteiger partial charge in [-0.3, -0.25) is 9.67 Å². The zero-order valence-corrected chi connectivity index (χ0v) is 13.7. The van der Waals surface area contributed by atoms with Crippen LogP contribution in [0.4, 0.5) is 0 Å². The molecular weight excluding hydrogens is 320 g/mol. The van der Waals surface area contributed by atoms with Gasteiger partial charge < -0.3 is 4.42 Å². The lowest BCUT2D eigenvalue weighted by Gasteiger charge is -2.09. The topological polar surface area (TPSA) is 110 Å². The minimum atomic E-state index is -3.75. The Labute approximate surface area is 132 Å². The van der Waals surface area contributed by atoms with Crippen LogP contribution in [0.25, 0.3) is 11.1 Å². The molecule has 2 heterocycles. The van der Waals surface area contributed by atoms with E-state index in [1.54, 1.807) is 24.7 Å². The third kappa shape index (κ3) is 2.92. The van der Waals surface area contributed by atoms with Crippen LogP contribution in [0, 0.1) is 13.8 Å². The molecule has 0 saturated heterocycles. The highest BCUT2D eigenvalue weighted by molar-refractivity contribution is 7.89. The number of benzene rings is 1. The van der Waals surface area contributed by atoms with Gasteiger partial charge in [-0.1, -0.05) is 0 Å². The first-order valence-electron chi connectivity index (χ1n) is 6.89. The number of hydrogen-bond acceptors (Lipinski definition) is 5. The van der Waals surface area contributed by atoms with Crippen LogP contribution >= 0.6 is 0 Å². The molecule has 0 amide bonds. The van der Waals surface area contributed by atoms with Gasteiger partial charge >= 0.3 is 5.76 Å². The number of sulfonamides is 1. The fourth-order valence-corrected chi connectivity index (χ4v) is 3.69. The lowest BCUT2D eigenvalue weighted by Crippen LogP contribution is -2.25. The third-order valence-corrected chi connectivity index (χ3v) is 5.09. The number of hydrogen-bond donors (Lipinski definition) is 2. The van der Waals surface area contributed by atoms with E-state index in [9.17, 15) is 13.2 Å². The Balaban J connectivity index is 1.94. The van der Waals surface area contributed by atoms with Crippen molar-refractivity contribution in [2.24, 2.45) is 7.05 Å². The van der Waals surface area contributed by atoms with Gasteiger partial charge in [-0.05, 0) is 31.5 Å². The summed E-state index contributed by atoms with van der Waals surface area (Å²) in [7, 11) is -1.99. The zero-order valence-electron chi connectivity index (χ0n) is 12.9. The highest BCUT2D eigenvalue weighted by Gasteiger charge is 2.19. The number of oxazole rings is 1. The smallest absolute Gasteiger partial charge is 0.408 e. The lowest BCUT2D eigenvalue weighted by atomic mass is 10.2. The quantitative estimate of drug-likeness (QED) is 0.737. The normalized spacial score (nSPS) is 12.1. The Kier molecular flexibility index (Phi) is 3.61. The van der Waals surface area contributed by atoms with Gasteiger partial charge in [0.15, 0.2) is 5.58 Å². The van der Waals surface area contributed by atoms with E-state index in [-0.39, 0.29) is 17.0 Å². The molecule has 0 unspecified atom stereocenters. The second-order valence-corrected chi connectivity index (χ2v) is 7.09. The van der Waals surface area contributed by atoms with Gasteiger partial charge in [-0.2, -0.15) is 5.10 Å². The molecule has 2 aromatic heterocycles. The molecule has 0 spiro atoms. The minimum absolute atomic E-state index is 0.0756.